The average molecular weight is 441 g/mol. The van der Waals surface area contributed by atoms with E-state index in [1.54, 1.807) is 18.4 Å². The molecule has 3 aromatic rings. The van der Waals surface area contributed by atoms with Crippen molar-refractivity contribution >= 4 is 43.8 Å². The largest absolute Gasteiger partial charge is 0.339 e. The van der Waals surface area contributed by atoms with E-state index in [1.165, 1.54) is 36.2 Å². The molecule has 0 spiro atoms. The van der Waals surface area contributed by atoms with Crippen molar-refractivity contribution in [3.63, 3.8) is 0 Å². The van der Waals surface area contributed by atoms with E-state index in [0.717, 1.165) is 25.5 Å². The molecule has 2 heterocycles. The molecule has 1 amide bonds. The van der Waals surface area contributed by atoms with Gasteiger partial charge in [-0.1, -0.05) is 11.6 Å². The molecule has 1 aromatic carbocycles. The van der Waals surface area contributed by atoms with Crippen LogP contribution in [0.25, 0.3) is 4.96 Å². The first-order chi connectivity index (χ1) is 13.1. The molecule has 0 aliphatic carbocycles. The van der Waals surface area contributed by atoms with Crippen molar-refractivity contribution in [3.8, 4) is 0 Å². The van der Waals surface area contributed by atoms with Gasteiger partial charge in [-0.3, -0.25) is 9.20 Å². The summed E-state index contributed by atoms with van der Waals surface area (Å²) in [6.07, 6.45) is 1.99. The van der Waals surface area contributed by atoms with E-state index in [0.29, 0.717) is 11.6 Å². The molecule has 2 aromatic heterocycles. The maximum absolute atomic E-state index is 12.6. The average Bonchev–Trinajstić information content (AvgIpc) is 3.11. The number of hydrogen-bond acceptors (Lipinski definition) is 5. The van der Waals surface area contributed by atoms with Gasteiger partial charge in [0.1, 0.15) is 0 Å². The number of aryl methyl sites for hydroxylation is 2. The standard InChI is InChI=1S/C18H21ClN4O3S2/c1-12-9-23-16(13(2)20-18(23)27-12)10-21(3)17(24)11-22(4)28(25,26)15-7-5-14(19)6-8-15/h5-9H,10-11H2,1-4H3. The molecule has 0 unspecified atom stereocenters. The summed E-state index contributed by atoms with van der Waals surface area (Å²) in [5.41, 5.74) is 1.77. The zero-order valence-corrected chi connectivity index (χ0v) is 18.4. The van der Waals surface area contributed by atoms with Gasteiger partial charge < -0.3 is 4.90 Å². The summed E-state index contributed by atoms with van der Waals surface area (Å²) < 4.78 is 28.3. The summed E-state index contributed by atoms with van der Waals surface area (Å²) in [4.78, 5) is 20.8. The highest BCUT2D eigenvalue weighted by atomic mass is 35.5. The minimum atomic E-state index is -3.77. The van der Waals surface area contributed by atoms with E-state index in [-0.39, 0.29) is 17.3 Å². The molecule has 150 valence electrons. The molecule has 3 rings (SSSR count). The number of aromatic nitrogens is 2. The van der Waals surface area contributed by atoms with Crippen LogP contribution in [0.1, 0.15) is 16.3 Å². The Morgan fingerprint density at radius 2 is 1.86 bits per heavy atom. The molecule has 0 radical (unpaired) electrons. The number of thiazole rings is 1. The Bertz CT molecular complexity index is 1120. The van der Waals surface area contributed by atoms with E-state index in [2.05, 4.69) is 4.98 Å². The molecular formula is C18H21ClN4O3S2. The number of hydrogen-bond donors (Lipinski definition) is 0. The number of imidazole rings is 1. The fourth-order valence-electron chi connectivity index (χ4n) is 2.80. The Kier molecular flexibility index (Phi) is 5.81. The van der Waals surface area contributed by atoms with Crippen LogP contribution in [0, 0.1) is 13.8 Å². The number of carbonyl (C=O) groups is 1. The first kappa shape index (κ1) is 20.8. The van der Waals surface area contributed by atoms with Crippen LogP contribution in [0.4, 0.5) is 0 Å². The molecule has 0 bridgehead atoms. The first-order valence-electron chi connectivity index (χ1n) is 8.49. The van der Waals surface area contributed by atoms with Gasteiger partial charge in [-0.15, -0.1) is 11.3 Å². The van der Waals surface area contributed by atoms with E-state index in [9.17, 15) is 13.2 Å². The molecule has 0 aliphatic heterocycles. The van der Waals surface area contributed by atoms with Crippen LogP contribution in [-0.4, -0.2) is 53.6 Å². The van der Waals surface area contributed by atoms with Crippen LogP contribution in [0.3, 0.4) is 0 Å². The number of fused-ring (bicyclic) bond motifs is 1. The number of benzene rings is 1. The lowest BCUT2D eigenvalue weighted by atomic mass is 10.3. The molecule has 10 heteroatoms. The predicted molar refractivity (Wildman–Crippen MR) is 110 cm³/mol. The maximum atomic E-state index is 12.6. The van der Waals surface area contributed by atoms with E-state index < -0.39 is 10.0 Å². The second-order valence-electron chi connectivity index (χ2n) is 6.60. The second-order valence-corrected chi connectivity index (χ2v) is 10.3. The highest BCUT2D eigenvalue weighted by Crippen LogP contribution is 2.22. The lowest BCUT2D eigenvalue weighted by Crippen LogP contribution is -2.39. The number of sulfonamides is 1. The lowest BCUT2D eigenvalue weighted by molar-refractivity contribution is -0.130. The molecule has 0 aliphatic rings. The van der Waals surface area contributed by atoms with Crippen molar-refractivity contribution in [2.75, 3.05) is 20.6 Å². The third-order valence-electron chi connectivity index (χ3n) is 4.43. The van der Waals surface area contributed by atoms with E-state index in [4.69, 9.17) is 11.6 Å². The molecule has 0 saturated carbocycles. The Balaban J connectivity index is 1.72. The smallest absolute Gasteiger partial charge is 0.243 e. The Morgan fingerprint density at radius 1 is 1.21 bits per heavy atom. The van der Waals surface area contributed by atoms with E-state index >= 15 is 0 Å². The van der Waals surface area contributed by atoms with Gasteiger partial charge in [0.2, 0.25) is 15.9 Å². The summed E-state index contributed by atoms with van der Waals surface area (Å²) >= 11 is 7.40. The molecule has 0 atom stereocenters. The summed E-state index contributed by atoms with van der Waals surface area (Å²) in [6.45, 7) is 3.99. The number of amides is 1. The Morgan fingerprint density at radius 3 is 2.50 bits per heavy atom. The van der Waals surface area contributed by atoms with Gasteiger partial charge in [0.05, 0.1) is 29.4 Å². The number of rotatable bonds is 6. The Hall–Kier alpha value is -1.94. The molecule has 7 nitrogen and oxygen atoms in total. The van der Waals surface area contributed by atoms with Gasteiger partial charge in [-0.05, 0) is 38.1 Å². The normalized spacial score (nSPS) is 12.1. The van der Waals surface area contributed by atoms with Gasteiger partial charge in [-0.2, -0.15) is 4.31 Å². The quantitative estimate of drug-likeness (QED) is 0.590. The van der Waals surface area contributed by atoms with Crippen LogP contribution < -0.4 is 0 Å². The predicted octanol–water partition coefficient (Wildman–Crippen LogP) is 2.95. The van der Waals surface area contributed by atoms with Crippen LogP contribution in [0.15, 0.2) is 35.4 Å². The minimum absolute atomic E-state index is 0.0944. The monoisotopic (exact) mass is 440 g/mol. The summed E-state index contributed by atoms with van der Waals surface area (Å²) in [5.74, 6) is -0.304. The van der Waals surface area contributed by atoms with Crippen molar-refractivity contribution < 1.29 is 13.2 Å². The molecule has 28 heavy (non-hydrogen) atoms. The molecule has 0 saturated heterocycles. The van der Waals surface area contributed by atoms with Crippen LogP contribution in [0.2, 0.25) is 5.02 Å². The van der Waals surface area contributed by atoms with Gasteiger partial charge >= 0.3 is 0 Å². The van der Waals surface area contributed by atoms with Crippen LogP contribution in [-0.2, 0) is 21.4 Å². The van der Waals surface area contributed by atoms with Crippen molar-refractivity contribution in [2.45, 2.75) is 25.3 Å². The van der Waals surface area contributed by atoms with Crippen molar-refractivity contribution in [1.82, 2.24) is 18.6 Å². The minimum Gasteiger partial charge on any atom is -0.339 e. The lowest BCUT2D eigenvalue weighted by Gasteiger charge is -2.22. The highest BCUT2D eigenvalue weighted by Gasteiger charge is 2.25. The number of carbonyl (C=O) groups excluding carboxylic acids is 1. The van der Waals surface area contributed by atoms with Crippen molar-refractivity contribution in [2.24, 2.45) is 0 Å². The number of likely N-dealkylation sites (N-methyl/N-ethyl adjacent to an activating group) is 2. The SMILES string of the molecule is Cc1cn2c(CN(C)C(=O)CN(C)S(=O)(=O)c3ccc(Cl)cc3)c(C)nc2s1. The van der Waals surface area contributed by atoms with Gasteiger partial charge in [0.15, 0.2) is 4.96 Å². The molecular weight excluding hydrogens is 420 g/mol. The number of halogens is 1. The number of nitrogens with zero attached hydrogens (tertiary/aromatic N) is 4. The topological polar surface area (TPSA) is 75.0 Å². The summed E-state index contributed by atoms with van der Waals surface area (Å²) in [6, 6.07) is 5.86. The third-order valence-corrected chi connectivity index (χ3v) is 7.40. The second kappa shape index (κ2) is 7.82. The summed E-state index contributed by atoms with van der Waals surface area (Å²) in [7, 11) is -0.730. The maximum Gasteiger partial charge on any atom is 0.243 e. The van der Waals surface area contributed by atoms with Gasteiger partial charge in [0.25, 0.3) is 0 Å². The van der Waals surface area contributed by atoms with Gasteiger partial charge in [0, 0.05) is 30.2 Å². The zero-order chi connectivity index (χ0) is 20.6. The molecule has 0 N–H and O–H groups in total. The van der Waals surface area contributed by atoms with Crippen LogP contribution in [0.5, 0.6) is 0 Å². The highest BCUT2D eigenvalue weighted by molar-refractivity contribution is 7.89. The van der Waals surface area contributed by atoms with Gasteiger partial charge in [-0.25, -0.2) is 13.4 Å². The zero-order valence-electron chi connectivity index (χ0n) is 16.0. The molecule has 0 fully saturated rings. The van der Waals surface area contributed by atoms with E-state index in [1.807, 2.05) is 24.4 Å². The van der Waals surface area contributed by atoms with Crippen molar-refractivity contribution in [1.29, 1.82) is 0 Å². The first-order valence-corrected chi connectivity index (χ1v) is 11.1. The van der Waals surface area contributed by atoms with Crippen LogP contribution >= 0.6 is 22.9 Å². The summed E-state index contributed by atoms with van der Waals surface area (Å²) in [5, 5.41) is 0.448. The van der Waals surface area contributed by atoms with Crippen molar-refractivity contribution in [3.05, 3.63) is 51.7 Å². The fraction of sp³-hybridized carbons (Fsp3) is 0.333. The Labute approximate surface area is 173 Å². The third kappa shape index (κ3) is 4.07. The fourth-order valence-corrected chi connectivity index (χ4v) is 4.93.